The van der Waals surface area contributed by atoms with E-state index in [0.29, 0.717) is 24.7 Å². The zero-order valence-electron chi connectivity index (χ0n) is 12.8. The Morgan fingerprint density at radius 1 is 1.45 bits per heavy atom. The molecular formula is C15H19N5O2. The lowest BCUT2D eigenvalue weighted by Crippen LogP contribution is -2.38. The molecule has 0 N–H and O–H groups in total. The third kappa shape index (κ3) is 2.84. The van der Waals surface area contributed by atoms with E-state index in [1.54, 1.807) is 6.20 Å². The first-order chi connectivity index (χ1) is 10.7. The van der Waals surface area contributed by atoms with E-state index < -0.39 is 0 Å². The summed E-state index contributed by atoms with van der Waals surface area (Å²) < 4.78 is 5.81. The van der Waals surface area contributed by atoms with E-state index >= 15 is 0 Å². The van der Waals surface area contributed by atoms with Crippen LogP contribution in [0.5, 0.6) is 0 Å². The summed E-state index contributed by atoms with van der Waals surface area (Å²) in [5, 5.41) is 8.28. The Morgan fingerprint density at radius 3 is 3.09 bits per heavy atom. The van der Waals surface area contributed by atoms with Gasteiger partial charge in [0.1, 0.15) is 6.33 Å². The van der Waals surface area contributed by atoms with Crippen molar-refractivity contribution >= 4 is 5.91 Å². The Kier molecular flexibility index (Phi) is 4.13. The molecular weight excluding hydrogens is 282 g/mol. The van der Waals surface area contributed by atoms with Gasteiger partial charge in [-0.05, 0) is 19.8 Å². The van der Waals surface area contributed by atoms with Crippen molar-refractivity contribution in [2.75, 3.05) is 13.1 Å². The van der Waals surface area contributed by atoms with Crippen LogP contribution in [-0.4, -0.2) is 44.1 Å². The molecule has 1 aliphatic rings. The number of piperidine rings is 1. The number of nitrogens with zero attached hydrogens (tertiary/aromatic N) is 5. The third-order valence-corrected chi connectivity index (χ3v) is 4.01. The van der Waals surface area contributed by atoms with E-state index in [2.05, 4.69) is 20.2 Å². The van der Waals surface area contributed by atoms with Gasteiger partial charge in [0.15, 0.2) is 0 Å². The second-order valence-corrected chi connectivity index (χ2v) is 5.50. The minimum absolute atomic E-state index is 0.107. The molecule has 2 aromatic rings. The molecule has 0 aromatic carbocycles. The normalized spacial score (nSPS) is 18.5. The van der Waals surface area contributed by atoms with Crippen LogP contribution in [0.4, 0.5) is 0 Å². The molecule has 0 unspecified atom stereocenters. The van der Waals surface area contributed by atoms with Crippen LogP contribution in [0.25, 0.3) is 11.5 Å². The zero-order chi connectivity index (χ0) is 15.5. The number of amides is 1. The lowest BCUT2D eigenvalue weighted by atomic mass is 9.98. The Labute approximate surface area is 128 Å². The number of hydrogen-bond donors (Lipinski definition) is 0. The quantitative estimate of drug-likeness (QED) is 0.861. The number of likely N-dealkylation sites (tertiary alicyclic amines) is 1. The van der Waals surface area contributed by atoms with Gasteiger partial charge in [-0.1, -0.05) is 6.92 Å². The smallest absolute Gasteiger partial charge is 0.251 e. The average molecular weight is 301 g/mol. The van der Waals surface area contributed by atoms with E-state index in [-0.39, 0.29) is 11.8 Å². The highest BCUT2D eigenvalue weighted by Crippen LogP contribution is 2.29. The second-order valence-electron chi connectivity index (χ2n) is 5.50. The Morgan fingerprint density at radius 2 is 2.32 bits per heavy atom. The van der Waals surface area contributed by atoms with Crippen molar-refractivity contribution in [3.05, 3.63) is 24.1 Å². The average Bonchev–Trinajstić information content (AvgIpc) is 3.04. The minimum Gasteiger partial charge on any atom is -0.420 e. The molecule has 1 atom stereocenters. The van der Waals surface area contributed by atoms with Crippen molar-refractivity contribution in [1.29, 1.82) is 0 Å². The Hall–Kier alpha value is -2.31. The lowest BCUT2D eigenvalue weighted by Gasteiger charge is -2.30. The van der Waals surface area contributed by atoms with Crippen molar-refractivity contribution in [1.82, 2.24) is 25.1 Å². The van der Waals surface area contributed by atoms with E-state index in [1.807, 2.05) is 18.7 Å². The van der Waals surface area contributed by atoms with Gasteiger partial charge < -0.3 is 9.32 Å². The minimum atomic E-state index is 0.107. The number of carbonyl (C=O) groups excluding carboxylic acids is 1. The van der Waals surface area contributed by atoms with Crippen molar-refractivity contribution in [2.45, 2.75) is 39.0 Å². The summed E-state index contributed by atoms with van der Waals surface area (Å²) in [5.41, 5.74) is 1.55. The summed E-state index contributed by atoms with van der Waals surface area (Å²) >= 11 is 0. The Bertz CT molecular complexity index is 669. The molecule has 0 saturated carbocycles. The summed E-state index contributed by atoms with van der Waals surface area (Å²) in [5.74, 6) is 1.31. The van der Waals surface area contributed by atoms with E-state index in [9.17, 15) is 4.79 Å². The molecule has 1 saturated heterocycles. The van der Waals surface area contributed by atoms with Crippen LogP contribution in [0.15, 0.2) is 16.9 Å². The molecule has 1 fully saturated rings. The molecule has 1 amide bonds. The highest BCUT2D eigenvalue weighted by Gasteiger charge is 2.28. The number of aryl methyl sites for hydroxylation is 1. The molecule has 3 heterocycles. The number of hydrogen-bond acceptors (Lipinski definition) is 6. The van der Waals surface area contributed by atoms with Crippen LogP contribution in [0, 0.1) is 6.92 Å². The second kappa shape index (κ2) is 6.21. The molecule has 7 nitrogen and oxygen atoms in total. The molecule has 0 aliphatic carbocycles. The van der Waals surface area contributed by atoms with Crippen LogP contribution in [-0.2, 0) is 4.79 Å². The number of aromatic nitrogens is 4. The van der Waals surface area contributed by atoms with Crippen LogP contribution < -0.4 is 0 Å². The third-order valence-electron chi connectivity index (χ3n) is 4.01. The predicted octanol–water partition coefficient (Wildman–Crippen LogP) is 1.95. The molecule has 0 bridgehead atoms. The first-order valence-corrected chi connectivity index (χ1v) is 7.57. The summed E-state index contributed by atoms with van der Waals surface area (Å²) in [6.45, 7) is 5.23. The molecule has 3 rings (SSSR count). The SMILES string of the molecule is CCC(=O)N1CCC[C@@H](c2nnc(-c3cncnc3C)o2)C1. The summed E-state index contributed by atoms with van der Waals surface area (Å²) in [6.07, 6.45) is 5.61. The highest BCUT2D eigenvalue weighted by atomic mass is 16.4. The number of carbonyl (C=O) groups is 1. The maximum Gasteiger partial charge on any atom is 0.251 e. The highest BCUT2D eigenvalue weighted by molar-refractivity contribution is 5.75. The fourth-order valence-electron chi connectivity index (χ4n) is 2.74. The Balaban J connectivity index is 1.79. The fraction of sp³-hybridized carbons (Fsp3) is 0.533. The van der Waals surface area contributed by atoms with Crippen LogP contribution >= 0.6 is 0 Å². The first kappa shape index (κ1) is 14.6. The first-order valence-electron chi connectivity index (χ1n) is 7.57. The van der Waals surface area contributed by atoms with Gasteiger partial charge >= 0.3 is 0 Å². The monoisotopic (exact) mass is 301 g/mol. The number of rotatable bonds is 3. The molecule has 22 heavy (non-hydrogen) atoms. The van der Waals surface area contributed by atoms with Gasteiger partial charge in [0, 0.05) is 25.7 Å². The summed E-state index contributed by atoms with van der Waals surface area (Å²) in [6, 6.07) is 0. The van der Waals surface area contributed by atoms with Crippen LogP contribution in [0.2, 0.25) is 0 Å². The van der Waals surface area contributed by atoms with Crippen LogP contribution in [0.1, 0.15) is 43.7 Å². The van der Waals surface area contributed by atoms with E-state index in [0.717, 1.165) is 30.6 Å². The maximum atomic E-state index is 11.9. The zero-order valence-corrected chi connectivity index (χ0v) is 12.8. The molecule has 1 aliphatic heterocycles. The lowest BCUT2D eigenvalue weighted by molar-refractivity contribution is -0.132. The molecule has 0 spiro atoms. The van der Waals surface area contributed by atoms with Gasteiger partial charge in [0.2, 0.25) is 11.8 Å². The summed E-state index contributed by atoms with van der Waals surface area (Å²) in [4.78, 5) is 21.9. The maximum absolute atomic E-state index is 11.9. The predicted molar refractivity (Wildman–Crippen MR) is 78.9 cm³/mol. The fourth-order valence-corrected chi connectivity index (χ4v) is 2.74. The van der Waals surface area contributed by atoms with Crippen LogP contribution in [0.3, 0.4) is 0 Å². The van der Waals surface area contributed by atoms with Gasteiger partial charge in [-0.3, -0.25) is 4.79 Å². The van der Waals surface area contributed by atoms with Crippen molar-refractivity contribution in [3.63, 3.8) is 0 Å². The van der Waals surface area contributed by atoms with Gasteiger partial charge in [-0.25, -0.2) is 9.97 Å². The van der Waals surface area contributed by atoms with Gasteiger partial charge in [0.05, 0.1) is 17.2 Å². The van der Waals surface area contributed by atoms with Crippen molar-refractivity contribution in [3.8, 4) is 11.5 Å². The molecule has 0 radical (unpaired) electrons. The standard InChI is InChI=1S/C15H19N5O2/c1-3-13(21)20-6-4-5-11(8-20)14-18-19-15(22-14)12-7-16-9-17-10(12)2/h7,9,11H,3-6,8H2,1-2H3/t11-/m1/s1. The van der Waals surface area contributed by atoms with Crippen molar-refractivity contribution < 1.29 is 9.21 Å². The largest absolute Gasteiger partial charge is 0.420 e. The van der Waals surface area contributed by atoms with Gasteiger partial charge in [-0.2, -0.15) is 0 Å². The van der Waals surface area contributed by atoms with Gasteiger partial charge in [0.25, 0.3) is 5.89 Å². The van der Waals surface area contributed by atoms with Gasteiger partial charge in [-0.15, -0.1) is 10.2 Å². The van der Waals surface area contributed by atoms with E-state index in [1.165, 1.54) is 6.33 Å². The van der Waals surface area contributed by atoms with E-state index in [4.69, 9.17) is 4.42 Å². The summed E-state index contributed by atoms with van der Waals surface area (Å²) in [7, 11) is 0. The molecule has 116 valence electrons. The molecule has 7 heteroatoms. The van der Waals surface area contributed by atoms with Crippen molar-refractivity contribution in [2.24, 2.45) is 0 Å². The topological polar surface area (TPSA) is 85.0 Å². The molecule has 2 aromatic heterocycles.